The van der Waals surface area contributed by atoms with Crippen LogP contribution in [0.3, 0.4) is 0 Å². The quantitative estimate of drug-likeness (QED) is 0.762. The Morgan fingerprint density at radius 3 is 3.00 bits per heavy atom. The fourth-order valence-corrected chi connectivity index (χ4v) is 2.44. The summed E-state index contributed by atoms with van der Waals surface area (Å²) in [6.45, 7) is 0.971. The van der Waals surface area contributed by atoms with E-state index in [1.54, 1.807) is 12.1 Å². The van der Waals surface area contributed by atoms with E-state index in [1.807, 2.05) is 0 Å². The molecule has 1 atom stereocenters. The van der Waals surface area contributed by atoms with E-state index in [1.165, 1.54) is 6.07 Å². The van der Waals surface area contributed by atoms with Crippen molar-refractivity contribution in [1.29, 1.82) is 0 Å². The maximum absolute atomic E-state index is 13.1. The van der Waals surface area contributed by atoms with Crippen LogP contribution in [0, 0.1) is 5.82 Å². The Morgan fingerprint density at radius 1 is 1.47 bits per heavy atom. The molecule has 3 N–H and O–H groups in total. The second-order valence-electron chi connectivity index (χ2n) is 4.43. The molecule has 3 nitrogen and oxygen atoms in total. The lowest BCUT2D eigenvalue weighted by Crippen LogP contribution is -2.36. The van der Waals surface area contributed by atoms with Gasteiger partial charge in [0.15, 0.2) is 0 Å². The van der Waals surface area contributed by atoms with E-state index in [0.29, 0.717) is 19.6 Å². The summed E-state index contributed by atoms with van der Waals surface area (Å²) in [6, 6.07) is 4.77. The third-order valence-corrected chi connectivity index (χ3v) is 3.37. The number of nitrogens with two attached hydrogens (primary N) is 1. The lowest BCUT2D eigenvalue weighted by molar-refractivity contribution is -0.0467. The van der Waals surface area contributed by atoms with Crippen molar-refractivity contribution in [2.45, 2.75) is 24.9 Å². The second kappa shape index (κ2) is 5.12. The number of aryl methyl sites for hydroxylation is 1. The van der Waals surface area contributed by atoms with Crippen LogP contribution in [0.5, 0.6) is 0 Å². The molecule has 0 amide bonds. The number of ether oxygens (including phenoxy) is 1. The first-order valence-electron chi connectivity index (χ1n) is 5.95. The minimum absolute atomic E-state index is 0.108. The van der Waals surface area contributed by atoms with Crippen molar-refractivity contribution in [3.05, 3.63) is 35.1 Å². The summed E-state index contributed by atoms with van der Waals surface area (Å²) in [5.41, 5.74) is 7.32. The largest absolute Gasteiger partial charge is 0.396 e. The van der Waals surface area contributed by atoms with Gasteiger partial charge in [0.2, 0.25) is 0 Å². The molecule has 0 heterocycles. The number of hydrogen-bond acceptors (Lipinski definition) is 3. The van der Waals surface area contributed by atoms with Gasteiger partial charge in [0.1, 0.15) is 11.4 Å². The van der Waals surface area contributed by atoms with E-state index >= 15 is 0 Å². The van der Waals surface area contributed by atoms with Gasteiger partial charge in [-0.15, -0.1) is 0 Å². The number of benzene rings is 1. The summed E-state index contributed by atoms with van der Waals surface area (Å²) in [5.74, 6) is -0.216. The van der Waals surface area contributed by atoms with Crippen molar-refractivity contribution in [1.82, 2.24) is 0 Å². The summed E-state index contributed by atoms with van der Waals surface area (Å²) >= 11 is 0. The predicted molar refractivity (Wildman–Crippen MR) is 63.1 cm³/mol. The van der Waals surface area contributed by atoms with Crippen molar-refractivity contribution >= 4 is 0 Å². The van der Waals surface area contributed by atoms with Gasteiger partial charge in [-0.1, -0.05) is 6.07 Å². The highest BCUT2D eigenvalue weighted by Gasteiger charge is 2.38. The minimum Gasteiger partial charge on any atom is -0.396 e. The van der Waals surface area contributed by atoms with Crippen LogP contribution in [0.2, 0.25) is 0 Å². The number of rotatable bonds is 5. The first-order valence-corrected chi connectivity index (χ1v) is 5.95. The maximum Gasteiger partial charge on any atom is 0.123 e. The molecule has 4 heteroatoms. The molecule has 0 spiro atoms. The average Bonchev–Trinajstić information content (AvgIpc) is 2.68. The zero-order chi connectivity index (χ0) is 12.3. The van der Waals surface area contributed by atoms with Crippen molar-refractivity contribution in [3.63, 3.8) is 0 Å². The Labute approximate surface area is 100 Å². The number of halogens is 1. The Hall–Kier alpha value is -0.970. The van der Waals surface area contributed by atoms with Gasteiger partial charge in [-0.05, 0) is 42.5 Å². The van der Waals surface area contributed by atoms with Gasteiger partial charge in [0, 0.05) is 13.2 Å². The zero-order valence-corrected chi connectivity index (χ0v) is 9.79. The van der Waals surface area contributed by atoms with Crippen molar-refractivity contribution in [2.24, 2.45) is 5.73 Å². The summed E-state index contributed by atoms with van der Waals surface area (Å²) in [4.78, 5) is 0. The van der Waals surface area contributed by atoms with Crippen molar-refractivity contribution < 1.29 is 14.2 Å². The van der Waals surface area contributed by atoms with Gasteiger partial charge in [0.25, 0.3) is 0 Å². The lowest BCUT2D eigenvalue weighted by atomic mass is 9.95. The highest BCUT2D eigenvalue weighted by atomic mass is 19.1. The molecule has 0 saturated heterocycles. The normalized spacial score (nSPS) is 22.8. The Bertz CT molecular complexity index is 397. The number of aliphatic hydroxyl groups excluding tert-OH is 1. The molecular weight excluding hydrogens is 221 g/mol. The molecule has 1 aromatic rings. The highest BCUT2D eigenvalue weighted by molar-refractivity contribution is 5.38. The van der Waals surface area contributed by atoms with Crippen LogP contribution < -0.4 is 5.73 Å². The van der Waals surface area contributed by atoms with E-state index < -0.39 is 5.60 Å². The second-order valence-corrected chi connectivity index (χ2v) is 4.43. The van der Waals surface area contributed by atoms with E-state index in [-0.39, 0.29) is 12.4 Å². The molecule has 1 aliphatic rings. The van der Waals surface area contributed by atoms with E-state index in [0.717, 1.165) is 24.0 Å². The Morgan fingerprint density at radius 2 is 2.29 bits per heavy atom. The third-order valence-electron chi connectivity index (χ3n) is 3.37. The molecule has 94 valence electrons. The van der Waals surface area contributed by atoms with Crippen molar-refractivity contribution in [3.8, 4) is 0 Å². The van der Waals surface area contributed by atoms with Crippen LogP contribution in [-0.4, -0.2) is 24.9 Å². The van der Waals surface area contributed by atoms with Crippen LogP contribution >= 0.6 is 0 Å². The Kier molecular flexibility index (Phi) is 3.76. The molecule has 17 heavy (non-hydrogen) atoms. The average molecular weight is 239 g/mol. The summed E-state index contributed by atoms with van der Waals surface area (Å²) in [7, 11) is 0. The van der Waals surface area contributed by atoms with E-state index in [2.05, 4.69) is 0 Å². The molecular formula is C13H18FNO2. The van der Waals surface area contributed by atoms with Crippen LogP contribution in [0.15, 0.2) is 18.2 Å². The molecule has 0 aromatic heterocycles. The molecule has 0 saturated carbocycles. The molecule has 1 aliphatic carbocycles. The van der Waals surface area contributed by atoms with Gasteiger partial charge in [-0.2, -0.15) is 0 Å². The monoisotopic (exact) mass is 239 g/mol. The van der Waals surface area contributed by atoms with Gasteiger partial charge in [-0.3, -0.25) is 0 Å². The molecule has 1 unspecified atom stereocenters. The van der Waals surface area contributed by atoms with Crippen LogP contribution in [-0.2, 0) is 16.8 Å². The fraction of sp³-hybridized carbons (Fsp3) is 0.538. The number of aliphatic hydroxyl groups is 1. The van der Waals surface area contributed by atoms with E-state index in [4.69, 9.17) is 15.6 Å². The Balaban J connectivity index is 2.21. The van der Waals surface area contributed by atoms with Crippen LogP contribution in [0.25, 0.3) is 0 Å². The predicted octanol–water partition coefficient (Wildman–Crippen LogP) is 1.32. The van der Waals surface area contributed by atoms with Crippen molar-refractivity contribution in [2.75, 3.05) is 19.8 Å². The topological polar surface area (TPSA) is 55.5 Å². The lowest BCUT2D eigenvalue weighted by Gasteiger charge is -2.29. The van der Waals surface area contributed by atoms with Crippen LogP contribution in [0.4, 0.5) is 4.39 Å². The van der Waals surface area contributed by atoms with Gasteiger partial charge >= 0.3 is 0 Å². The van der Waals surface area contributed by atoms with Gasteiger partial charge in [0.05, 0.1) is 6.61 Å². The molecule has 0 bridgehead atoms. The maximum atomic E-state index is 13.1. The number of hydrogen-bond donors (Lipinski definition) is 2. The first-order chi connectivity index (χ1) is 8.22. The minimum atomic E-state index is -0.488. The molecule has 0 fully saturated rings. The van der Waals surface area contributed by atoms with Gasteiger partial charge in [-0.25, -0.2) is 4.39 Å². The fourth-order valence-electron chi connectivity index (χ4n) is 2.44. The smallest absolute Gasteiger partial charge is 0.123 e. The SMILES string of the molecule is NCC1(OCCCO)CCc2cc(F)ccc21. The summed E-state index contributed by atoms with van der Waals surface area (Å²) in [6.07, 6.45) is 2.18. The van der Waals surface area contributed by atoms with E-state index in [9.17, 15) is 4.39 Å². The summed E-state index contributed by atoms with van der Waals surface area (Å²) in [5, 5.41) is 8.77. The molecule has 0 radical (unpaired) electrons. The van der Waals surface area contributed by atoms with Gasteiger partial charge < -0.3 is 15.6 Å². The standard InChI is InChI=1S/C13H18FNO2/c14-11-2-3-12-10(8-11)4-5-13(12,9-15)17-7-1-6-16/h2-3,8,16H,1,4-7,9,15H2. The molecule has 0 aliphatic heterocycles. The summed E-state index contributed by atoms with van der Waals surface area (Å²) < 4.78 is 19.0. The molecule has 2 rings (SSSR count). The third kappa shape index (κ3) is 2.34. The van der Waals surface area contributed by atoms with Crippen LogP contribution in [0.1, 0.15) is 24.0 Å². The zero-order valence-electron chi connectivity index (χ0n) is 9.79. The molecule has 1 aromatic carbocycles. The number of fused-ring (bicyclic) bond motifs is 1. The first kappa shape index (κ1) is 12.5. The highest BCUT2D eigenvalue weighted by Crippen LogP contribution is 2.39.